The highest BCUT2D eigenvalue weighted by molar-refractivity contribution is 5.85. The number of carbonyl (C=O) groups is 1. The molecule has 0 amide bonds. The average Bonchev–Trinajstić information content (AvgIpc) is 2.17. The monoisotopic (exact) mass is 237 g/mol. The Balaban J connectivity index is 2.61. The van der Waals surface area contributed by atoms with Crippen molar-refractivity contribution in [2.45, 2.75) is 24.7 Å². The van der Waals surface area contributed by atoms with Crippen molar-refractivity contribution in [3.63, 3.8) is 0 Å². The molecular weight excluding hydrogens is 221 g/mol. The zero-order chi connectivity index (χ0) is 12.6. The molecule has 1 N–H and O–H groups in total. The Labute approximate surface area is 99.9 Å². The number of hydrogen-bond acceptors (Lipinski definition) is 2. The summed E-state index contributed by atoms with van der Waals surface area (Å²) in [7, 11) is 3.60. The first-order chi connectivity index (χ1) is 7.99. The van der Waals surface area contributed by atoms with Gasteiger partial charge in [-0.3, -0.25) is 4.79 Å². The molecule has 0 aromatic heterocycles. The van der Waals surface area contributed by atoms with Gasteiger partial charge >= 0.3 is 5.97 Å². The van der Waals surface area contributed by atoms with Crippen molar-refractivity contribution < 1.29 is 14.3 Å². The lowest BCUT2D eigenvalue weighted by Gasteiger charge is -2.40. The summed E-state index contributed by atoms with van der Waals surface area (Å²) in [4.78, 5) is 13.2. The van der Waals surface area contributed by atoms with Gasteiger partial charge in [0.15, 0.2) is 0 Å². The maximum Gasteiger partial charge on any atom is 0.314 e. The van der Waals surface area contributed by atoms with E-state index in [1.54, 1.807) is 31.1 Å². The molecule has 1 aliphatic carbocycles. The van der Waals surface area contributed by atoms with Gasteiger partial charge in [-0.15, -0.1) is 0 Å². The van der Waals surface area contributed by atoms with Crippen LogP contribution in [0.2, 0.25) is 0 Å². The highest BCUT2D eigenvalue weighted by atomic mass is 19.1. The van der Waals surface area contributed by atoms with Gasteiger partial charge in [0, 0.05) is 25.3 Å². The van der Waals surface area contributed by atoms with Crippen LogP contribution in [0.4, 0.5) is 10.1 Å². The lowest BCUT2D eigenvalue weighted by molar-refractivity contribution is -0.147. The Morgan fingerprint density at radius 3 is 2.47 bits per heavy atom. The number of aliphatic carboxylic acids is 1. The molecule has 1 fully saturated rings. The molecule has 1 aliphatic rings. The van der Waals surface area contributed by atoms with Crippen molar-refractivity contribution in [3.05, 3.63) is 29.6 Å². The molecular formula is C13H16FNO2. The first-order valence-corrected chi connectivity index (χ1v) is 5.69. The standard InChI is InChI=1S/C13H16FNO2/c1-15(2)10-6-3-5-9(14)11(10)13(12(16)17)7-4-8-13/h3,5-6H,4,7-8H2,1-2H3,(H,16,17). The average molecular weight is 237 g/mol. The van der Waals surface area contributed by atoms with E-state index >= 15 is 0 Å². The molecule has 1 aromatic carbocycles. The maximum atomic E-state index is 14.0. The third kappa shape index (κ3) is 1.68. The second kappa shape index (κ2) is 4.02. The van der Waals surface area contributed by atoms with Crippen molar-refractivity contribution in [3.8, 4) is 0 Å². The Kier molecular flexibility index (Phi) is 2.81. The topological polar surface area (TPSA) is 40.5 Å². The fraction of sp³-hybridized carbons (Fsp3) is 0.462. The molecule has 0 radical (unpaired) electrons. The summed E-state index contributed by atoms with van der Waals surface area (Å²) >= 11 is 0. The molecule has 0 bridgehead atoms. The molecule has 4 heteroatoms. The van der Waals surface area contributed by atoms with E-state index in [4.69, 9.17) is 0 Å². The van der Waals surface area contributed by atoms with Gasteiger partial charge in [0.25, 0.3) is 0 Å². The first-order valence-electron chi connectivity index (χ1n) is 5.69. The molecule has 0 heterocycles. The highest BCUT2D eigenvalue weighted by Gasteiger charge is 2.49. The van der Waals surface area contributed by atoms with E-state index in [-0.39, 0.29) is 0 Å². The van der Waals surface area contributed by atoms with E-state index in [0.29, 0.717) is 24.1 Å². The van der Waals surface area contributed by atoms with Crippen LogP contribution in [0.5, 0.6) is 0 Å². The van der Waals surface area contributed by atoms with Gasteiger partial charge in [-0.2, -0.15) is 0 Å². The second-order valence-electron chi connectivity index (χ2n) is 4.77. The molecule has 0 spiro atoms. The van der Waals surface area contributed by atoms with Gasteiger partial charge in [0.05, 0.1) is 5.41 Å². The molecule has 3 nitrogen and oxygen atoms in total. The van der Waals surface area contributed by atoms with Crippen molar-refractivity contribution >= 4 is 11.7 Å². The van der Waals surface area contributed by atoms with Gasteiger partial charge in [-0.25, -0.2) is 4.39 Å². The predicted octanol–water partition coefficient (Wildman–Crippen LogP) is 2.40. The number of hydrogen-bond donors (Lipinski definition) is 1. The summed E-state index contributed by atoms with van der Waals surface area (Å²) in [5, 5.41) is 9.38. The summed E-state index contributed by atoms with van der Waals surface area (Å²) in [5.41, 5.74) is -0.0267. The van der Waals surface area contributed by atoms with Crippen molar-refractivity contribution in [2.75, 3.05) is 19.0 Å². The minimum Gasteiger partial charge on any atom is -0.481 e. The Bertz CT molecular complexity index is 453. The van der Waals surface area contributed by atoms with Crippen LogP contribution in [0.3, 0.4) is 0 Å². The largest absolute Gasteiger partial charge is 0.481 e. The van der Waals surface area contributed by atoms with Crippen LogP contribution >= 0.6 is 0 Å². The van der Waals surface area contributed by atoms with Gasteiger partial charge in [0.2, 0.25) is 0 Å². The first kappa shape index (κ1) is 11.9. The van der Waals surface area contributed by atoms with Crippen LogP contribution in [0.1, 0.15) is 24.8 Å². The summed E-state index contributed by atoms with van der Waals surface area (Å²) < 4.78 is 14.0. The summed E-state index contributed by atoms with van der Waals surface area (Å²) in [6, 6.07) is 4.72. The highest BCUT2D eigenvalue weighted by Crippen LogP contribution is 2.48. The number of halogens is 1. The molecule has 1 saturated carbocycles. The van der Waals surface area contributed by atoms with E-state index in [9.17, 15) is 14.3 Å². The number of carboxylic acid groups (broad SMARTS) is 1. The van der Waals surface area contributed by atoms with E-state index < -0.39 is 17.2 Å². The molecule has 92 valence electrons. The Hall–Kier alpha value is -1.58. The summed E-state index contributed by atoms with van der Waals surface area (Å²) in [6.45, 7) is 0. The van der Waals surface area contributed by atoms with Crippen molar-refractivity contribution in [2.24, 2.45) is 0 Å². The molecule has 17 heavy (non-hydrogen) atoms. The van der Waals surface area contributed by atoms with Crippen LogP contribution in [-0.2, 0) is 10.2 Å². The molecule has 0 saturated heterocycles. The van der Waals surface area contributed by atoms with E-state index in [1.165, 1.54) is 6.07 Å². The van der Waals surface area contributed by atoms with Crippen LogP contribution in [-0.4, -0.2) is 25.2 Å². The van der Waals surface area contributed by atoms with E-state index in [1.807, 2.05) is 0 Å². The number of carboxylic acids is 1. The molecule has 0 aliphatic heterocycles. The maximum absolute atomic E-state index is 14.0. The fourth-order valence-corrected chi connectivity index (χ4v) is 2.46. The van der Waals surface area contributed by atoms with E-state index in [2.05, 4.69) is 0 Å². The minimum absolute atomic E-state index is 0.337. The van der Waals surface area contributed by atoms with Gasteiger partial charge in [-0.05, 0) is 25.0 Å². The molecule has 0 atom stereocenters. The molecule has 2 rings (SSSR count). The number of anilines is 1. The zero-order valence-electron chi connectivity index (χ0n) is 10.0. The summed E-state index contributed by atoms with van der Waals surface area (Å²) in [6.07, 6.45) is 1.88. The Morgan fingerprint density at radius 2 is 2.06 bits per heavy atom. The number of nitrogens with zero attached hydrogens (tertiary/aromatic N) is 1. The zero-order valence-corrected chi connectivity index (χ0v) is 10.0. The van der Waals surface area contributed by atoms with Crippen molar-refractivity contribution in [1.29, 1.82) is 0 Å². The number of benzene rings is 1. The Morgan fingerprint density at radius 1 is 1.41 bits per heavy atom. The van der Waals surface area contributed by atoms with Gasteiger partial charge in [-0.1, -0.05) is 12.5 Å². The van der Waals surface area contributed by atoms with E-state index in [0.717, 1.165) is 6.42 Å². The van der Waals surface area contributed by atoms with Gasteiger partial charge < -0.3 is 10.0 Å². The fourth-order valence-electron chi connectivity index (χ4n) is 2.46. The lowest BCUT2D eigenvalue weighted by Crippen LogP contribution is -2.44. The second-order valence-corrected chi connectivity index (χ2v) is 4.77. The molecule has 1 aromatic rings. The smallest absolute Gasteiger partial charge is 0.314 e. The van der Waals surface area contributed by atoms with Crippen LogP contribution in [0, 0.1) is 5.82 Å². The van der Waals surface area contributed by atoms with Crippen LogP contribution in [0.15, 0.2) is 18.2 Å². The van der Waals surface area contributed by atoms with Crippen LogP contribution in [0.25, 0.3) is 0 Å². The van der Waals surface area contributed by atoms with Crippen LogP contribution < -0.4 is 4.90 Å². The SMILES string of the molecule is CN(C)c1cccc(F)c1C1(C(=O)O)CCC1. The third-order valence-electron chi connectivity index (χ3n) is 3.57. The predicted molar refractivity (Wildman–Crippen MR) is 63.9 cm³/mol. The normalized spacial score (nSPS) is 17.4. The third-order valence-corrected chi connectivity index (χ3v) is 3.57. The molecule has 0 unspecified atom stereocenters. The van der Waals surface area contributed by atoms with Crippen molar-refractivity contribution in [1.82, 2.24) is 0 Å². The van der Waals surface area contributed by atoms with Gasteiger partial charge in [0.1, 0.15) is 5.82 Å². The quantitative estimate of drug-likeness (QED) is 0.877. The lowest BCUT2D eigenvalue weighted by atomic mass is 9.63. The summed E-state index contributed by atoms with van der Waals surface area (Å²) in [5.74, 6) is -1.34. The number of rotatable bonds is 3. The minimum atomic E-state index is -1.02.